The summed E-state index contributed by atoms with van der Waals surface area (Å²) in [6, 6.07) is -6.56. The van der Waals surface area contributed by atoms with Gasteiger partial charge in [-0.2, -0.15) is 0 Å². The predicted octanol–water partition coefficient (Wildman–Crippen LogP) is 1.99. The third-order valence-corrected chi connectivity index (χ3v) is 8.94. The first-order valence-electron chi connectivity index (χ1n) is 18.6. The van der Waals surface area contributed by atoms with Gasteiger partial charge in [0.15, 0.2) is 6.10 Å². The van der Waals surface area contributed by atoms with E-state index in [-0.39, 0.29) is 31.1 Å². The molecule has 1 heterocycles. The van der Waals surface area contributed by atoms with E-state index in [1.54, 1.807) is 6.92 Å². The van der Waals surface area contributed by atoms with E-state index < -0.39 is 90.4 Å². The Morgan fingerprint density at radius 3 is 1.56 bits per heavy atom. The van der Waals surface area contributed by atoms with E-state index in [9.17, 15) is 39.0 Å². The molecule has 0 aromatic rings. The van der Waals surface area contributed by atoms with Gasteiger partial charge in [0.25, 0.3) is 5.91 Å². The average molecular weight is 712 g/mol. The Hall–Kier alpha value is -3.26. The van der Waals surface area contributed by atoms with E-state index in [1.807, 2.05) is 34.6 Å². The summed E-state index contributed by atoms with van der Waals surface area (Å²) >= 11 is 0. The topological polar surface area (TPSA) is 212 Å². The molecule has 0 aromatic carbocycles. The molecule has 0 bridgehead atoms. The first-order chi connectivity index (χ1) is 23.6. The summed E-state index contributed by atoms with van der Waals surface area (Å²) in [5, 5.41) is 33.3. The standard InChI is InChI=1S/C36H65N5O9/c1-9-11-12-13-14-15-16-17-28-34(47)37-25(18-21(3)4)31(44)39-27(20-42)33(46)41-30(24(8)43)35(48)38-26(19-22(5)6)32(45)40-29(23(7)10-2)36(49)50-28/h21-30,42-43H,9-20H2,1-8H3,(H,37,47)(H,38,48)(H,39,44)(H,40,45)(H,41,46)/t23?,24?,25-,26-,27+,28?,29+,30+/m1/s1. The SMILES string of the molecule is CCCCCCCCCC1OC(=O)[C@H](C(C)CC)NC(=O)[C@@H](CC(C)C)NC(=O)[C@H](C(C)O)NC(=O)[C@H](CO)NC(=O)[C@@H](CC(C)C)NC1=O. The van der Waals surface area contributed by atoms with Gasteiger partial charge in [-0.25, -0.2) is 4.79 Å². The summed E-state index contributed by atoms with van der Waals surface area (Å²) < 4.78 is 5.85. The number of aliphatic hydroxyl groups excluding tert-OH is 2. The quantitative estimate of drug-likeness (QED) is 0.0920. The lowest BCUT2D eigenvalue weighted by Gasteiger charge is -2.31. The maximum Gasteiger partial charge on any atom is 0.329 e. The second-order valence-corrected chi connectivity index (χ2v) is 14.6. The van der Waals surface area contributed by atoms with Crippen molar-refractivity contribution in [3.8, 4) is 0 Å². The minimum Gasteiger partial charge on any atom is -0.451 e. The molecular formula is C36H65N5O9. The van der Waals surface area contributed by atoms with Gasteiger partial charge < -0.3 is 41.5 Å². The van der Waals surface area contributed by atoms with Gasteiger partial charge in [-0.05, 0) is 50.4 Å². The minimum absolute atomic E-state index is 0.0819. The first kappa shape index (κ1) is 44.8. The molecule has 0 radical (unpaired) electrons. The summed E-state index contributed by atoms with van der Waals surface area (Å²) in [6.45, 7) is 13.5. The number of ether oxygens (including phenoxy) is 1. The lowest BCUT2D eigenvalue weighted by atomic mass is 9.97. The number of unbranched alkanes of at least 4 members (excludes halogenated alkanes) is 6. The lowest BCUT2D eigenvalue weighted by molar-refractivity contribution is -0.161. The van der Waals surface area contributed by atoms with Crippen LogP contribution in [0.3, 0.4) is 0 Å². The molecule has 3 unspecified atom stereocenters. The number of esters is 1. The molecule has 5 amide bonds. The second-order valence-electron chi connectivity index (χ2n) is 14.6. The van der Waals surface area contributed by atoms with Crippen molar-refractivity contribution in [2.45, 2.75) is 168 Å². The fraction of sp³-hybridized carbons (Fsp3) is 0.833. The van der Waals surface area contributed by atoms with Crippen LogP contribution in [-0.4, -0.2) is 94.7 Å². The van der Waals surface area contributed by atoms with Crippen LogP contribution in [0.25, 0.3) is 0 Å². The van der Waals surface area contributed by atoms with Gasteiger partial charge >= 0.3 is 5.97 Å². The fourth-order valence-electron chi connectivity index (χ4n) is 5.72. The molecule has 1 aliphatic rings. The molecule has 0 spiro atoms. The molecule has 288 valence electrons. The number of nitrogens with one attached hydrogen (secondary N) is 5. The number of rotatable bonds is 16. The van der Waals surface area contributed by atoms with Crippen LogP contribution < -0.4 is 26.6 Å². The monoisotopic (exact) mass is 711 g/mol. The number of cyclic esters (lactones) is 1. The lowest BCUT2D eigenvalue weighted by Crippen LogP contribution is -2.62. The third kappa shape index (κ3) is 15.7. The van der Waals surface area contributed by atoms with E-state index in [4.69, 9.17) is 4.74 Å². The third-order valence-electron chi connectivity index (χ3n) is 8.94. The minimum atomic E-state index is -1.55. The van der Waals surface area contributed by atoms with Gasteiger partial charge in [-0.15, -0.1) is 0 Å². The number of aliphatic hydroxyl groups is 2. The van der Waals surface area contributed by atoms with E-state index >= 15 is 0 Å². The van der Waals surface area contributed by atoms with Crippen molar-refractivity contribution >= 4 is 35.5 Å². The zero-order valence-corrected chi connectivity index (χ0v) is 31.5. The highest BCUT2D eigenvalue weighted by Gasteiger charge is 2.38. The zero-order chi connectivity index (χ0) is 38.0. The molecule has 50 heavy (non-hydrogen) atoms. The van der Waals surface area contributed by atoms with Gasteiger partial charge in [0.1, 0.15) is 30.2 Å². The summed E-state index contributed by atoms with van der Waals surface area (Å²) in [7, 11) is 0. The Kier molecular flexibility index (Phi) is 20.8. The van der Waals surface area contributed by atoms with Crippen LogP contribution in [0.15, 0.2) is 0 Å². The molecule has 14 heteroatoms. The van der Waals surface area contributed by atoms with Crippen LogP contribution in [0, 0.1) is 17.8 Å². The molecule has 0 aromatic heterocycles. The molecule has 0 aliphatic carbocycles. The predicted molar refractivity (Wildman–Crippen MR) is 189 cm³/mol. The van der Waals surface area contributed by atoms with Crippen molar-refractivity contribution in [1.82, 2.24) is 26.6 Å². The van der Waals surface area contributed by atoms with Crippen molar-refractivity contribution in [1.29, 1.82) is 0 Å². The highest BCUT2D eigenvalue weighted by molar-refractivity contribution is 5.97. The maximum absolute atomic E-state index is 13.8. The Labute approximate surface area is 298 Å². The molecule has 0 saturated carbocycles. The number of carbonyl (C=O) groups is 6. The number of amides is 5. The number of hydrogen-bond acceptors (Lipinski definition) is 9. The van der Waals surface area contributed by atoms with Crippen molar-refractivity contribution in [2.75, 3.05) is 6.61 Å². The van der Waals surface area contributed by atoms with Gasteiger partial charge in [-0.3, -0.25) is 24.0 Å². The molecule has 1 fully saturated rings. The number of hydrogen-bond donors (Lipinski definition) is 7. The normalized spacial score (nSPS) is 26.2. The van der Waals surface area contributed by atoms with Crippen molar-refractivity contribution < 1.29 is 43.7 Å². The van der Waals surface area contributed by atoms with E-state index in [0.29, 0.717) is 12.8 Å². The molecule has 1 rings (SSSR count). The van der Waals surface area contributed by atoms with Gasteiger partial charge in [0, 0.05) is 0 Å². The van der Waals surface area contributed by atoms with Crippen molar-refractivity contribution in [2.24, 2.45) is 17.8 Å². The summed E-state index contributed by atoms with van der Waals surface area (Å²) in [6.07, 6.45) is 5.08. The van der Waals surface area contributed by atoms with Crippen LogP contribution in [-0.2, 0) is 33.5 Å². The van der Waals surface area contributed by atoms with E-state index in [2.05, 4.69) is 33.5 Å². The molecule has 8 atom stereocenters. The molecule has 1 aliphatic heterocycles. The van der Waals surface area contributed by atoms with Crippen LogP contribution in [0.5, 0.6) is 0 Å². The summed E-state index contributed by atoms with van der Waals surface area (Å²) in [4.78, 5) is 81.5. The van der Waals surface area contributed by atoms with Crippen molar-refractivity contribution in [3.63, 3.8) is 0 Å². The number of carbonyl (C=O) groups excluding carboxylic acids is 6. The average Bonchev–Trinajstić information content (AvgIpc) is 3.04. The van der Waals surface area contributed by atoms with Crippen LogP contribution in [0.1, 0.15) is 126 Å². The maximum atomic E-state index is 13.8. The molecular weight excluding hydrogens is 646 g/mol. The van der Waals surface area contributed by atoms with E-state index in [1.165, 1.54) is 6.92 Å². The Bertz CT molecular complexity index is 1100. The van der Waals surface area contributed by atoms with Gasteiger partial charge in [0.2, 0.25) is 23.6 Å². The molecule has 14 nitrogen and oxygen atoms in total. The van der Waals surface area contributed by atoms with Crippen LogP contribution in [0.2, 0.25) is 0 Å². The Balaban J connectivity index is 3.62. The van der Waals surface area contributed by atoms with Crippen LogP contribution >= 0.6 is 0 Å². The Morgan fingerprint density at radius 2 is 1.06 bits per heavy atom. The highest BCUT2D eigenvalue weighted by Crippen LogP contribution is 2.17. The Morgan fingerprint density at radius 1 is 0.600 bits per heavy atom. The fourth-order valence-corrected chi connectivity index (χ4v) is 5.72. The van der Waals surface area contributed by atoms with Crippen LogP contribution in [0.4, 0.5) is 0 Å². The smallest absolute Gasteiger partial charge is 0.329 e. The van der Waals surface area contributed by atoms with Gasteiger partial charge in [0.05, 0.1) is 12.7 Å². The van der Waals surface area contributed by atoms with Gasteiger partial charge in [-0.1, -0.05) is 93.4 Å². The molecule has 7 N–H and O–H groups in total. The summed E-state index contributed by atoms with van der Waals surface area (Å²) in [5.74, 6) is -5.34. The zero-order valence-electron chi connectivity index (χ0n) is 31.5. The largest absolute Gasteiger partial charge is 0.451 e. The van der Waals surface area contributed by atoms with E-state index in [0.717, 1.165) is 38.5 Å². The van der Waals surface area contributed by atoms with Crippen molar-refractivity contribution in [3.05, 3.63) is 0 Å². The summed E-state index contributed by atoms with van der Waals surface area (Å²) in [5.41, 5.74) is 0. The second kappa shape index (κ2) is 23.3. The first-order valence-corrected chi connectivity index (χ1v) is 18.6. The molecule has 1 saturated heterocycles. The highest BCUT2D eigenvalue weighted by atomic mass is 16.5.